The minimum absolute atomic E-state index is 0.133. The van der Waals surface area contributed by atoms with E-state index >= 15 is 0 Å². The monoisotopic (exact) mass is 278 g/mol. The number of amides is 1. The van der Waals surface area contributed by atoms with E-state index in [0.29, 0.717) is 12.5 Å². The Kier molecular flexibility index (Phi) is 3.92. The molecular formula is C14H18N2O4. The number of carbonyl (C=O) groups excluding carboxylic acids is 1. The van der Waals surface area contributed by atoms with Crippen LogP contribution in [0.4, 0.5) is 5.69 Å². The first-order valence-corrected chi connectivity index (χ1v) is 6.70. The minimum atomic E-state index is -0.671. The highest BCUT2D eigenvalue weighted by atomic mass is 16.6. The first-order valence-electron chi connectivity index (χ1n) is 6.70. The van der Waals surface area contributed by atoms with Crippen LogP contribution < -0.4 is 0 Å². The fourth-order valence-corrected chi connectivity index (χ4v) is 2.60. The van der Waals surface area contributed by atoms with Crippen molar-refractivity contribution in [3.05, 3.63) is 33.9 Å². The van der Waals surface area contributed by atoms with E-state index in [9.17, 15) is 20.0 Å². The fourth-order valence-electron chi connectivity index (χ4n) is 2.60. The molecule has 1 aromatic carbocycles. The molecule has 1 aliphatic rings. The molecule has 1 heterocycles. The number of nitro benzene ring substituents is 1. The van der Waals surface area contributed by atoms with Crippen molar-refractivity contribution < 1.29 is 14.8 Å². The van der Waals surface area contributed by atoms with Gasteiger partial charge in [0.1, 0.15) is 0 Å². The lowest BCUT2D eigenvalue weighted by molar-refractivity contribution is -0.385. The summed E-state index contributed by atoms with van der Waals surface area (Å²) in [4.78, 5) is 24.2. The Morgan fingerprint density at radius 3 is 2.75 bits per heavy atom. The van der Waals surface area contributed by atoms with Crippen molar-refractivity contribution >= 4 is 11.6 Å². The number of likely N-dealkylation sites (tertiary alicyclic amines) is 1. The Bertz CT molecular complexity index is 544. The molecule has 0 radical (unpaired) electrons. The van der Waals surface area contributed by atoms with E-state index in [2.05, 4.69) is 6.92 Å². The molecule has 20 heavy (non-hydrogen) atoms. The Labute approximate surface area is 117 Å². The van der Waals surface area contributed by atoms with E-state index in [1.807, 2.05) is 6.92 Å². The van der Waals surface area contributed by atoms with Crippen molar-refractivity contribution in [2.75, 3.05) is 6.54 Å². The summed E-state index contributed by atoms with van der Waals surface area (Å²) >= 11 is 0. The molecule has 6 heteroatoms. The molecule has 0 spiro atoms. The molecule has 1 aliphatic heterocycles. The van der Waals surface area contributed by atoms with Gasteiger partial charge in [-0.1, -0.05) is 6.92 Å². The SMILES string of the molecule is CC1CCCN(C(=O)c2ccc([N+](=O)[O-])c(O)c2)C1C. The Hall–Kier alpha value is -2.11. The van der Waals surface area contributed by atoms with Crippen LogP contribution in [0.25, 0.3) is 0 Å². The molecule has 1 N–H and O–H groups in total. The summed E-state index contributed by atoms with van der Waals surface area (Å²) < 4.78 is 0. The predicted molar refractivity (Wildman–Crippen MR) is 73.7 cm³/mol. The number of hydrogen-bond acceptors (Lipinski definition) is 4. The molecule has 1 fully saturated rings. The van der Waals surface area contributed by atoms with Crippen molar-refractivity contribution in [1.29, 1.82) is 0 Å². The average Bonchev–Trinajstić information content (AvgIpc) is 2.40. The van der Waals surface area contributed by atoms with Crippen LogP contribution in [0.2, 0.25) is 0 Å². The lowest BCUT2D eigenvalue weighted by Crippen LogP contribution is -2.46. The number of hydrogen-bond donors (Lipinski definition) is 1. The van der Waals surface area contributed by atoms with Gasteiger partial charge in [0.2, 0.25) is 0 Å². The van der Waals surface area contributed by atoms with Crippen molar-refractivity contribution in [3.63, 3.8) is 0 Å². The van der Waals surface area contributed by atoms with Crippen LogP contribution in [0.3, 0.4) is 0 Å². The van der Waals surface area contributed by atoms with Crippen LogP contribution in [-0.4, -0.2) is 33.4 Å². The van der Waals surface area contributed by atoms with Gasteiger partial charge < -0.3 is 10.0 Å². The third-order valence-electron chi connectivity index (χ3n) is 4.05. The van der Waals surface area contributed by atoms with Crippen molar-refractivity contribution in [2.45, 2.75) is 32.7 Å². The quantitative estimate of drug-likeness (QED) is 0.665. The van der Waals surface area contributed by atoms with Crippen molar-refractivity contribution in [2.24, 2.45) is 5.92 Å². The Morgan fingerprint density at radius 2 is 2.15 bits per heavy atom. The molecule has 2 rings (SSSR count). The maximum Gasteiger partial charge on any atom is 0.310 e. The van der Waals surface area contributed by atoms with E-state index < -0.39 is 10.7 Å². The minimum Gasteiger partial charge on any atom is -0.502 e. The smallest absolute Gasteiger partial charge is 0.310 e. The molecule has 0 aliphatic carbocycles. The van der Waals surface area contributed by atoms with Crippen LogP contribution in [0, 0.1) is 16.0 Å². The zero-order valence-electron chi connectivity index (χ0n) is 11.6. The van der Waals surface area contributed by atoms with E-state index in [-0.39, 0.29) is 23.2 Å². The van der Waals surface area contributed by atoms with Gasteiger partial charge >= 0.3 is 5.69 Å². The number of phenols is 1. The largest absolute Gasteiger partial charge is 0.502 e. The zero-order valence-corrected chi connectivity index (χ0v) is 11.6. The van der Waals surface area contributed by atoms with Gasteiger partial charge in [-0.3, -0.25) is 14.9 Å². The summed E-state index contributed by atoms with van der Waals surface area (Å²) in [5, 5.41) is 20.3. The number of rotatable bonds is 2. The number of aromatic hydroxyl groups is 1. The summed E-state index contributed by atoms with van der Waals surface area (Å²) in [7, 11) is 0. The van der Waals surface area contributed by atoms with Crippen molar-refractivity contribution in [3.8, 4) is 5.75 Å². The second-order valence-electron chi connectivity index (χ2n) is 5.32. The molecule has 2 unspecified atom stereocenters. The third kappa shape index (κ3) is 2.59. The maximum atomic E-state index is 12.4. The van der Waals surface area contributed by atoms with Gasteiger partial charge in [0.25, 0.3) is 5.91 Å². The second kappa shape index (κ2) is 5.48. The van der Waals surface area contributed by atoms with Gasteiger partial charge in [-0.2, -0.15) is 0 Å². The number of benzene rings is 1. The van der Waals surface area contributed by atoms with E-state index in [0.717, 1.165) is 12.8 Å². The molecule has 0 aromatic heterocycles. The van der Waals surface area contributed by atoms with Gasteiger partial charge in [0, 0.05) is 24.2 Å². The van der Waals surface area contributed by atoms with Gasteiger partial charge in [-0.25, -0.2) is 0 Å². The van der Waals surface area contributed by atoms with E-state index in [4.69, 9.17) is 0 Å². The summed E-state index contributed by atoms with van der Waals surface area (Å²) in [5.74, 6) is -0.229. The second-order valence-corrected chi connectivity index (χ2v) is 5.32. The van der Waals surface area contributed by atoms with Gasteiger partial charge in [0.15, 0.2) is 5.75 Å². The maximum absolute atomic E-state index is 12.4. The van der Waals surface area contributed by atoms with E-state index in [1.54, 1.807) is 4.90 Å². The molecule has 1 amide bonds. The average molecular weight is 278 g/mol. The predicted octanol–water partition coefficient (Wildman–Crippen LogP) is 2.56. The highest BCUT2D eigenvalue weighted by molar-refractivity contribution is 5.95. The summed E-state index contributed by atoms with van der Waals surface area (Å²) in [5.41, 5.74) is -0.101. The van der Waals surface area contributed by atoms with Crippen LogP contribution in [-0.2, 0) is 0 Å². The molecule has 0 saturated carbocycles. The van der Waals surface area contributed by atoms with Gasteiger partial charge in [0.05, 0.1) is 4.92 Å². The van der Waals surface area contributed by atoms with Gasteiger partial charge in [-0.05, 0) is 37.8 Å². The van der Waals surface area contributed by atoms with Crippen molar-refractivity contribution in [1.82, 2.24) is 4.90 Å². The molecule has 6 nitrogen and oxygen atoms in total. The van der Waals surface area contributed by atoms with E-state index in [1.165, 1.54) is 18.2 Å². The first-order chi connectivity index (χ1) is 9.41. The van der Waals surface area contributed by atoms with Crippen LogP contribution in [0.1, 0.15) is 37.0 Å². The van der Waals surface area contributed by atoms with Crippen LogP contribution >= 0.6 is 0 Å². The number of phenolic OH excluding ortho intramolecular Hbond substituents is 1. The van der Waals surface area contributed by atoms with Crippen LogP contribution in [0.15, 0.2) is 18.2 Å². The fraction of sp³-hybridized carbons (Fsp3) is 0.500. The molecular weight excluding hydrogens is 260 g/mol. The number of nitro groups is 1. The molecule has 108 valence electrons. The lowest BCUT2D eigenvalue weighted by atomic mass is 9.91. The number of nitrogens with zero attached hydrogens (tertiary/aromatic N) is 2. The Morgan fingerprint density at radius 1 is 1.45 bits per heavy atom. The first kappa shape index (κ1) is 14.3. The summed E-state index contributed by atoms with van der Waals surface area (Å²) in [6, 6.07) is 3.87. The third-order valence-corrected chi connectivity index (χ3v) is 4.05. The summed E-state index contributed by atoms with van der Waals surface area (Å²) in [6.45, 7) is 4.80. The molecule has 1 saturated heterocycles. The van der Waals surface area contributed by atoms with Gasteiger partial charge in [-0.15, -0.1) is 0 Å². The topological polar surface area (TPSA) is 83.7 Å². The molecule has 1 aromatic rings. The normalized spacial score (nSPS) is 22.6. The highest BCUT2D eigenvalue weighted by Crippen LogP contribution is 2.29. The number of carbonyl (C=O) groups is 1. The highest BCUT2D eigenvalue weighted by Gasteiger charge is 2.29. The standard InChI is InChI=1S/C14H18N2O4/c1-9-4-3-7-15(10(9)2)14(18)11-5-6-12(16(19)20)13(17)8-11/h5-6,8-10,17H,3-4,7H2,1-2H3. The van der Waals surface area contributed by atoms with Crippen LogP contribution in [0.5, 0.6) is 5.75 Å². The Balaban J connectivity index is 2.25. The number of piperidine rings is 1. The summed E-state index contributed by atoms with van der Waals surface area (Å²) in [6.07, 6.45) is 2.05. The molecule has 2 atom stereocenters. The lowest BCUT2D eigenvalue weighted by Gasteiger charge is -2.38. The molecule has 0 bridgehead atoms. The zero-order chi connectivity index (χ0) is 14.9.